The second-order valence-electron chi connectivity index (χ2n) is 5.56. The number of nitrogens with zero attached hydrogens (tertiary/aromatic N) is 1. The van der Waals surface area contributed by atoms with Crippen molar-refractivity contribution in [1.82, 2.24) is 0 Å². The number of amides is 1. The van der Waals surface area contributed by atoms with E-state index in [4.69, 9.17) is 32.7 Å². The summed E-state index contributed by atoms with van der Waals surface area (Å²) in [5.41, 5.74) is 1.89. The van der Waals surface area contributed by atoms with Crippen LogP contribution in [0, 0.1) is 0 Å². The number of carbonyl (C=O) groups is 1. The van der Waals surface area contributed by atoms with E-state index in [1.807, 2.05) is 12.1 Å². The highest BCUT2D eigenvalue weighted by molar-refractivity contribution is 6.36. The topological polar surface area (TPSA) is 50.8 Å². The van der Waals surface area contributed by atoms with E-state index in [0.717, 1.165) is 18.8 Å². The highest BCUT2D eigenvalue weighted by Gasteiger charge is 2.18. The third kappa shape index (κ3) is 4.18. The summed E-state index contributed by atoms with van der Waals surface area (Å²) < 4.78 is 10.7. The van der Waals surface area contributed by atoms with Crippen LogP contribution >= 0.6 is 23.2 Å². The molecule has 0 saturated carbocycles. The maximum absolute atomic E-state index is 12.7. The molecule has 0 aromatic heterocycles. The van der Waals surface area contributed by atoms with Gasteiger partial charge in [-0.3, -0.25) is 4.79 Å². The predicted octanol–water partition coefficient (Wildman–Crippen LogP) is 4.09. The van der Waals surface area contributed by atoms with E-state index in [9.17, 15) is 4.79 Å². The van der Waals surface area contributed by atoms with Gasteiger partial charge in [-0.05, 0) is 30.3 Å². The number of hydrogen-bond acceptors (Lipinski definition) is 4. The lowest BCUT2D eigenvalue weighted by Crippen LogP contribution is -2.36. The summed E-state index contributed by atoms with van der Waals surface area (Å²) in [7, 11) is 1.59. The number of halogens is 2. The molecule has 0 atom stereocenters. The van der Waals surface area contributed by atoms with Crippen LogP contribution in [0.25, 0.3) is 0 Å². The van der Waals surface area contributed by atoms with Crippen molar-refractivity contribution in [3.05, 3.63) is 52.0 Å². The van der Waals surface area contributed by atoms with Gasteiger partial charge in [-0.15, -0.1) is 0 Å². The Hall–Kier alpha value is -1.95. The Bertz CT molecular complexity index is 777. The molecule has 1 aliphatic heterocycles. The SMILES string of the molecule is COc1ccc(N2CCOCC2)c(NC(=O)c2cc(Cl)ccc2Cl)c1. The van der Waals surface area contributed by atoms with E-state index in [0.29, 0.717) is 40.3 Å². The van der Waals surface area contributed by atoms with Crippen molar-refractivity contribution in [1.29, 1.82) is 0 Å². The predicted molar refractivity (Wildman–Crippen MR) is 100 cm³/mol. The number of morpholine rings is 1. The molecule has 7 heteroatoms. The Kier molecular flexibility index (Phi) is 5.68. The summed E-state index contributed by atoms with van der Waals surface area (Å²) in [6.07, 6.45) is 0. The zero-order chi connectivity index (χ0) is 17.8. The van der Waals surface area contributed by atoms with Gasteiger partial charge in [0.25, 0.3) is 5.91 Å². The van der Waals surface area contributed by atoms with Gasteiger partial charge in [0.2, 0.25) is 0 Å². The van der Waals surface area contributed by atoms with Gasteiger partial charge >= 0.3 is 0 Å². The molecule has 1 N–H and O–H groups in total. The van der Waals surface area contributed by atoms with E-state index in [-0.39, 0.29) is 5.91 Å². The lowest BCUT2D eigenvalue weighted by molar-refractivity contribution is 0.102. The minimum atomic E-state index is -0.324. The van der Waals surface area contributed by atoms with Gasteiger partial charge in [0.05, 0.1) is 42.3 Å². The maximum Gasteiger partial charge on any atom is 0.257 e. The van der Waals surface area contributed by atoms with Crippen LogP contribution in [-0.2, 0) is 4.74 Å². The molecule has 2 aromatic rings. The zero-order valence-corrected chi connectivity index (χ0v) is 15.2. The third-order valence-corrected chi connectivity index (χ3v) is 4.54. The number of carbonyl (C=O) groups excluding carboxylic acids is 1. The highest BCUT2D eigenvalue weighted by atomic mass is 35.5. The van der Waals surface area contributed by atoms with Crippen molar-refractivity contribution in [3.63, 3.8) is 0 Å². The van der Waals surface area contributed by atoms with Crippen LogP contribution in [0.2, 0.25) is 10.0 Å². The van der Waals surface area contributed by atoms with E-state index < -0.39 is 0 Å². The van der Waals surface area contributed by atoms with E-state index in [1.165, 1.54) is 0 Å². The first-order valence-electron chi connectivity index (χ1n) is 7.85. The summed E-state index contributed by atoms with van der Waals surface area (Å²) in [6, 6.07) is 10.4. The molecule has 0 unspecified atom stereocenters. The fraction of sp³-hybridized carbons (Fsp3) is 0.278. The van der Waals surface area contributed by atoms with Gasteiger partial charge in [0.15, 0.2) is 0 Å². The second kappa shape index (κ2) is 7.95. The molecule has 1 aliphatic rings. The number of rotatable bonds is 4. The Morgan fingerprint density at radius 3 is 2.64 bits per heavy atom. The summed E-state index contributed by atoms with van der Waals surface area (Å²) in [4.78, 5) is 14.8. The van der Waals surface area contributed by atoms with Crippen LogP contribution in [0.15, 0.2) is 36.4 Å². The van der Waals surface area contributed by atoms with Crippen LogP contribution in [-0.4, -0.2) is 39.3 Å². The Balaban J connectivity index is 1.91. The standard InChI is InChI=1S/C18H18Cl2N2O3/c1-24-13-3-5-17(22-6-8-25-9-7-22)16(11-13)21-18(23)14-10-12(19)2-4-15(14)20/h2-5,10-11H,6-9H2,1H3,(H,21,23). The van der Waals surface area contributed by atoms with Gasteiger partial charge in [-0.1, -0.05) is 23.2 Å². The average molecular weight is 381 g/mol. The largest absolute Gasteiger partial charge is 0.497 e. The highest BCUT2D eigenvalue weighted by Crippen LogP contribution is 2.32. The first kappa shape index (κ1) is 17.9. The Morgan fingerprint density at radius 2 is 1.92 bits per heavy atom. The number of anilines is 2. The maximum atomic E-state index is 12.7. The van der Waals surface area contributed by atoms with E-state index in [1.54, 1.807) is 31.4 Å². The first-order valence-corrected chi connectivity index (χ1v) is 8.61. The summed E-state index contributed by atoms with van der Waals surface area (Å²) in [5.74, 6) is 0.333. The lowest BCUT2D eigenvalue weighted by atomic mass is 10.1. The number of nitrogens with one attached hydrogen (secondary N) is 1. The van der Waals surface area contributed by atoms with E-state index >= 15 is 0 Å². The molecule has 1 heterocycles. The van der Waals surface area contributed by atoms with Gasteiger partial charge in [0, 0.05) is 24.2 Å². The molecule has 132 valence electrons. The molecule has 1 saturated heterocycles. The molecule has 0 bridgehead atoms. The smallest absolute Gasteiger partial charge is 0.257 e. The summed E-state index contributed by atoms with van der Waals surface area (Å²) in [6.45, 7) is 2.82. The van der Waals surface area contributed by atoms with Crippen molar-refractivity contribution >= 4 is 40.5 Å². The molecule has 1 fully saturated rings. The van der Waals surface area contributed by atoms with Crippen molar-refractivity contribution in [3.8, 4) is 5.75 Å². The number of hydrogen-bond donors (Lipinski definition) is 1. The first-order chi connectivity index (χ1) is 12.1. The number of ether oxygens (including phenoxy) is 2. The van der Waals surface area contributed by atoms with Crippen LogP contribution in [0.5, 0.6) is 5.75 Å². The fourth-order valence-electron chi connectivity index (χ4n) is 2.68. The number of methoxy groups -OCH3 is 1. The van der Waals surface area contributed by atoms with Crippen molar-refractivity contribution in [2.75, 3.05) is 43.6 Å². The van der Waals surface area contributed by atoms with Gasteiger partial charge in [-0.2, -0.15) is 0 Å². The quantitative estimate of drug-likeness (QED) is 0.867. The molecule has 3 rings (SSSR count). The average Bonchev–Trinajstić information content (AvgIpc) is 2.64. The molecular formula is C18H18Cl2N2O3. The minimum absolute atomic E-state index is 0.324. The zero-order valence-electron chi connectivity index (χ0n) is 13.7. The van der Waals surface area contributed by atoms with Crippen LogP contribution in [0.1, 0.15) is 10.4 Å². The molecule has 0 radical (unpaired) electrons. The molecule has 0 spiro atoms. The lowest BCUT2D eigenvalue weighted by Gasteiger charge is -2.30. The monoisotopic (exact) mass is 380 g/mol. The van der Waals surface area contributed by atoms with Gasteiger partial charge in [0.1, 0.15) is 5.75 Å². The summed E-state index contributed by atoms with van der Waals surface area (Å²) in [5, 5.41) is 3.72. The Labute approximate surface area is 156 Å². The molecule has 2 aromatic carbocycles. The van der Waals surface area contributed by atoms with Gasteiger partial charge < -0.3 is 19.7 Å². The van der Waals surface area contributed by atoms with Crippen molar-refractivity contribution in [2.45, 2.75) is 0 Å². The van der Waals surface area contributed by atoms with Crippen LogP contribution < -0.4 is 15.0 Å². The Morgan fingerprint density at radius 1 is 1.16 bits per heavy atom. The molecule has 25 heavy (non-hydrogen) atoms. The number of benzene rings is 2. The fourth-order valence-corrected chi connectivity index (χ4v) is 3.06. The third-order valence-electron chi connectivity index (χ3n) is 3.98. The molecular weight excluding hydrogens is 363 g/mol. The second-order valence-corrected chi connectivity index (χ2v) is 6.40. The van der Waals surface area contributed by atoms with E-state index in [2.05, 4.69) is 10.2 Å². The normalized spacial score (nSPS) is 14.3. The van der Waals surface area contributed by atoms with Crippen molar-refractivity contribution in [2.24, 2.45) is 0 Å². The van der Waals surface area contributed by atoms with Gasteiger partial charge in [-0.25, -0.2) is 0 Å². The van der Waals surface area contributed by atoms with Crippen molar-refractivity contribution < 1.29 is 14.3 Å². The van der Waals surface area contributed by atoms with Crippen LogP contribution in [0.3, 0.4) is 0 Å². The molecule has 1 amide bonds. The molecule has 5 nitrogen and oxygen atoms in total. The molecule has 0 aliphatic carbocycles. The minimum Gasteiger partial charge on any atom is -0.497 e. The summed E-state index contributed by atoms with van der Waals surface area (Å²) >= 11 is 12.1. The van der Waals surface area contributed by atoms with Crippen LogP contribution in [0.4, 0.5) is 11.4 Å².